The Bertz CT molecular complexity index is 607. The molecule has 0 heterocycles. The van der Waals surface area contributed by atoms with Crippen molar-refractivity contribution in [2.45, 2.75) is 26.7 Å². The van der Waals surface area contributed by atoms with E-state index in [0.29, 0.717) is 24.5 Å². The van der Waals surface area contributed by atoms with E-state index in [2.05, 4.69) is 16.0 Å². The molecule has 0 spiro atoms. The number of methoxy groups -OCH3 is 1. The molecule has 0 aliphatic carbocycles. The molecule has 144 valence electrons. The molecule has 8 nitrogen and oxygen atoms in total. The van der Waals surface area contributed by atoms with Crippen LogP contribution in [0.5, 0.6) is 5.75 Å². The fourth-order valence-electron chi connectivity index (χ4n) is 2.44. The first-order chi connectivity index (χ1) is 12.5. The highest BCUT2D eigenvalue weighted by Gasteiger charge is 2.19. The lowest BCUT2D eigenvalue weighted by atomic mass is 10.3. The molecule has 1 unspecified atom stereocenters. The van der Waals surface area contributed by atoms with Gasteiger partial charge in [-0.2, -0.15) is 0 Å². The normalized spacial score (nSPS) is 11.3. The molecule has 1 aromatic carbocycles. The minimum absolute atomic E-state index is 0.0483. The first-order valence-corrected chi connectivity index (χ1v) is 8.84. The van der Waals surface area contributed by atoms with Gasteiger partial charge in [-0.25, -0.2) is 4.79 Å². The standard InChI is InChI=1S/C18H28N4O4/c1-4-10-19-18(25)21-17(24)13-22(11-5-2)12-16(23)20-14-8-6-7-9-15(14)26-3/h6-9H,4-5,10-13H2,1-3H3,(H,20,23)(H2,19,21,24,25)/p+1. The van der Waals surface area contributed by atoms with Crippen LogP contribution in [-0.2, 0) is 9.59 Å². The minimum Gasteiger partial charge on any atom is -0.495 e. The van der Waals surface area contributed by atoms with Gasteiger partial charge in [0.25, 0.3) is 11.8 Å². The highest BCUT2D eigenvalue weighted by atomic mass is 16.5. The number of imide groups is 1. The van der Waals surface area contributed by atoms with Gasteiger partial charge in [-0.05, 0) is 25.0 Å². The maximum absolute atomic E-state index is 12.3. The number of amides is 4. The third-order valence-corrected chi connectivity index (χ3v) is 3.59. The van der Waals surface area contributed by atoms with Gasteiger partial charge in [0.1, 0.15) is 5.75 Å². The first-order valence-electron chi connectivity index (χ1n) is 8.84. The maximum Gasteiger partial charge on any atom is 0.321 e. The van der Waals surface area contributed by atoms with E-state index in [4.69, 9.17) is 4.74 Å². The monoisotopic (exact) mass is 365 g/mol. The Morgan fingerprint density at radius 2 is 1.73 bits per heavy atom. The molecular weight excluding hydrogens is 336 g/mol. The molecule has 0 saturated heterocycles. The van der Waals surface area contributed by atoms with Crippen LogP contribution in [0.25, 0.3) is 0 Å². The van der Waals surface area contributed by atoms with Crippen molar-refractivity contribution < 1.29 is 24.0 Å². The van der Waals surface area contributed by atoms with Crippen LogP contribution < -0.4 is 25.6 Å². The Hall–Kier alpha value is -2.61. The van der Waals surface area contributed by atoms with Gasteiger partial charge in [0.05, 0.1) is 19.3 Å². The summed E-state index contributed by atoms with van der Waals surface area (Å²) in [6.45, 7) is 5.22. The zero-order valence-electron chi connectivity index (χ0n) is 15.7. The summed E-state index contributed by atoms with van der Waals surface area (Å²) in [6.07, 6.45) is 1.60. The van der Waals surface area contributed by atoms with Crippen molar-refractivity contribution >= 4 is 23.5 Å². The quantitative estimate of drug-likeness (QED) is 0.475. The highest BCUT2D eigenvalue weighted by Crippen LogP contribution is 2.22. The van der Waals surface area contributed by atoms with Gasteiger partial charge in [-0.1, -0.05) is 26.0 Å². The molecule has 0 saturated carbocycles. The molecule has 0 radical (unpaired) electrons. The fourth-order valence-corrected chi connectivity index (χ4v) is 2.44. The van der Waals surface area contributed by atoms with E-state index < -0.39 is 11.9 Å². The lowest BCUT2D eigenvalue weighted by molar-refractivity contribution is -0.883. The third-order valence-electron chi connectivity index (χ3n) is 3.59. The summed E-state index contributed by atoms with van der Waals surface area (Å²) in [7, 11) is 1.54. The van der Waals surface area contributed by atoms with Crippen LogP contribution in [0.2, 0.25) is 0 Å². The molecule has 1 aromatic rings. The van der Waals surface area contributed by atoms with E-state index in [1.54, 1.807) is 18.2 Å². The first kappa shape index (κ1) is 21.4. The number of rotatable bonds is 10. The Morgan fingerprint density at radius 1 is 1.04 bits per heavy atom. The van der Waals surface area contributed by atoms with Gasteiger partial charge in [-0.3, -0.25) is 14.9 Å². The Labute approximate surface area is 154 Å². The van der Waals surface area contributed by atoms with Crippen LogP contribution in [0.4, 0.5) is 10.5 Å². The molecule has 0 aliphatic rings. The van der Waals surface area contributed by atoms with Crippen molar-refractivity contribution in [1.29, 1.82) is 0 Å². The van der Waals surface area contributed by atoms with Crippen LogP contribution >= 0.6 is 0 Å². The number of carbonyl (C=O) groups excluding carboxylic acids is 3. The summed E-state index contributed by atoms with van der Waals surface area (Å²) in [5.41, 5.74) is 0.583. The second-order valence-electron chi connectivity index (χ2n) is 5.91. The molecule has 1 rings (SSSR count). The van der Waals surface area contributed by atoms with Gasteiger partial charge in [0, 0.05) is 6.54 Å². The zero-order chi connectivity index (χ0) is 19.4. The van der Waals surface area contributed by atoms with Crippen LogP contribution in [0.1, 0.15) is 26.7 Å². The number of hydrogen-bond donors (Lipinski definition) is 4. The molecule has 0 fully saturated rings. The van der Waals surface area contributed by atoms with Crippen molar-refractivity contribution in [2.24, 2.45) is 0 Å². The van der Waals surface area contributed by atoms with Gasteiger partial charge in [-0.15, -0.1) is 0 Å². The summed E-state index contributed by atoms with van der Waals surface area (Å²) in [5, 5.41) is 7.66. The average molecular weight is 365 g/mol. The van der Waals surface area contributed by atoms with Crippen molar-refractivity contribution in [2.75, 3.05) is 38.6 Å². The topological polar surface area (TPSA) is 101 Å². The molecule has 0 aromatic heterocycles. The second-order valence-corrected chi connectivity index (χ2v) is 5.91. The fraction of sp³-hybridized carbons (Fsp3) is 0.500. The van der Waals surface area contributed by atoms with Gasteiger partial charge >= 0.3 is 6.03 Å². The van der Waals surface area contributed by atoms with Gasteiger partial charge in [0.15, 0.2) is 13.1 Å². The Kier molecular flexibility index (Phi) is 9.78. The number of para-hydroxylation sites is 2. The van der Waals surface area contributed by atoms with Crippen LogP contribution in [-0.4, -0.2) is 51.1 Å². The van der Waals surface area contributed by atoms with Crippen molar-refractivity contribution in [3.05, 3.63) is 24.3 Å². The van der Waals surface area contributed by atoms with E-state index in [1.165, 1.54) is 7.11 Å². The maximum atomic E-state index is 12.3. The van der Waals surface area contributed by atoms with Crippen molar-refractivity contribution in [1.82, 2.24) is 10.6 Å². The van der Waals surface area contributed by atoms with E-state index in [9.17, 15) is 14.4 Å². The average Bonchev–Trinajstić information content (AvgIpc) is 2.60. The predicted octanol–water partition coefficient (Wildman–Crippen LogP) is 0.164. The van der Waals surface area contributed by atoms with E-state index in [0.717, 1.165) is 17.7 Å². The lowest BCUT2D eigenvalue weighted by Gasteiger charge is -2.18. The number of anilines is 1. The van der Waals surface area contributed by atoms with Crippen LogP contribution in [0.15, 0.2) is 24.3 Å². The summed E-state index contributed by atoms with van der Waals surface area (Å²) in [4.78, 5) is 36.6. The molecule has 8 heteroatoms. The van der Waals surface area contributed by atoms with Crippen molar-refractivity contribution in [3.63, 3.8) is 0 Å². The molecular formula is C18H29N4O4+. The Balaban J connectivity index is 2.56. The number of benzene rings is 1. The number of quaternary nitrogens is 1. The largest absolute Gasteiger partial charge is 0.495 e. The molecule has 0 aliphatic heterocycles. The molecule has 26 heavy (non-hydrogen) atoms. The SMILES string of the molecule is CCCNC(=O)NC(=O)C[NH+](CCC)CC(=O)Nc1ccccc1OC. The van der Waals surface area contributed by atoms with E-state index >= 15 is 0 Å². The lowest BCUT2D eigenvalue weighted by Crippen LogP contribution is -3.14. The number of carbonyl (C=O) groups is 3. The molecule has 0 bridgehead atoms. The smallest absolute Gasteiger partial charge is 0.321 e. The Morgan fingerprint density at radius 3 is 2.38 bits per heavy atom. The molecule has 4 amide bonds. The number of urea groups is 1. The molecule has 4 N–H and O–H groups in total. The van der Waals surface area contributed by atoms with Gasteiger partial charge in [0.2, 0.25) is 0 Å². The highest BCUT2D eigenvalue weighted by molar-refractivity contribution is 5.95. The second kappa shape index (κ2) is 11.9. The van der Waals surface area contributed by atoms with Crippen LogP contribution in [0, 0.1) is 0 Å². The summed E-state index contributed by atoms with van der Waals surface area (Å²) in [5.74, 6) is -0.0587. The summed E-state index contributed by atoms with van der Waals surface area (Å²) in [6, 6.07) is 6.62. The number of ether oxygens (including phenoxy) is 1. The minimum atomic E-state index is -0.508. The van der Waals surface area contributed by atoms with E-state index in [-0.39, 0.29) is 19.0 Å². The van der Waals surface area contributed by atoms with Gasteiger partial charge < -0.3 is 20.3 Å². The predicted molar refractivity (Wildman–Crippen MR) is 99.3 cm³/mol. The summed E-state index contributed by atoms with van der Waals surface area (Å²) >= 11 is 0. The van der Waals surface area contributed by atoms with E-state index in [1.807, 2.05) is 19.9 Å². The third kappa shape index (κ3) is 7.98. The van der Waals surface area contributed by atoms with Crippen LogP contribution in [0.3, 0.4) is 0 Å². The van der Waals surface area contributed by atoms with Crippen molar-refractivity contribution in [3.8, 4) is 5.75 Å². The summed E-state index contributed by atoms with van der Waals surface area (Å²) < 4.78 is 5.21. The molecule has 1 atom stereocenters. The number of nitrogens with one attached hydrogen (secondary N) is 4. The number of hydrogen-bond acceptors (Lipinski definition) is 4. The zero-order valence-corrected chi connectivity index (χ0v) is 15.7.